The second kappa shape index (κ2) is 19.7. The van der Waals surface area contributed by atoms with Gasteiger partial charge in [0, 0.05) is 49.5 Å². The molecule has 0 unspecified atom stereocenters. The van der Waals surface area contributed by atoms with E-state index in [1.165, 1.54) is 12.1 Å². The van der Waals surface area contributed by atoms with Crippen molar-refractivity contribution in [3.05, 3.63) is 113 Å². The van der Waals surface area contributed by atoms with Crippen molar-refractivity contribution < 1.29 is 33.6 Å². The molecule has 0 spiro atoms. The average molecular weight is 729 g/mol. The summed E-state index contributed by atoms with van der Waals surface area (Å²) in [6.07, 6.45) is 3.28. The molecule has 1 saturated heterocycles. The lowest BCUT2D eigenvalue weighted by molar-refractivity contribution is -0.136. The van der Waals surface area contributed by atoms with Gasteiger partial charge in [-0.15, -0.1) is 0 Å². The number of piperidine rings is 1. The van der Waals surface area contributed by atoms with Crippen LogP contribution in [0.25, 0.3) is 11.1 Å². The second-order valence-electron chi connectivity index (χ2n) is 15.4. The van der Waals surface area contributed by atoms with E-state index in [0.717, 1.165) is 71.7 Å². The summed E-state index contributed by atoms with van der Waals surface area (Å²) in [5.41, 5.74) is 6.93. The van der Waals surface area contributed by atoms with E-state index in [4.69, 9.17) is 24.3 Å². The first-order chi connectivity index (χ1) is 25.2. The molecule has 0 aliphatic carbocycles. The molecule has 1 fully saturated rings. The molecule has 4 aromatic rings. The third kappa shape index (κ3) is 14.2. The van der Waals surface area contributed by atoms with Crippen LogP contribution in [0, 0.1) is 18.2 Å². The molecule has 2 heterocycles. The van der Waals surface area contributed by atoms with E-state index < -0.39 is 11.6 Å². The number of carboxylic acids is 1. The summed E-state index contributed by atoms with van der Waals surface area (Å²) in [5, 5.41) is 18.6. The molecule has 286 valence electrons. The monoisotopic (exact) mass is 728 g/mol. The van der Waals surface area contributed by atoms with Crippen LogP contribution in [0.4, 0.5) is 10.1 Å². The zero-order valence-electron chi connectivity index (χ0n) is 32.3. The van der Waals surface area contributed by atoms with Crippen molar-refractivity contribution in [2.45, 2.75) is 92.5 Å². The Bertz CT molecular complexity index is 1700. The van der Waals surface area contributed by atoms with Crippen LogP contribution in [0.2, 0.25) is 0 Å². The summed E-state index contributed by atoms with van der Waals surface area (Å²) in [5.74, 6) is -0.415. The number of hydrogen-bond acceptors (Lipinski definition) is 7. The molecule has 1 aliphatic rings. The predicted molar refractivity (Wildman–Crippen MR) is 209 cm³/mol. The Morgan fingerprint density at radius 1 is 0.868 bits per heavy atom. The number of aromatic nitrogens is 1. The quantitative estimate of drug-likeness (QED) is 0.110. The summed E-state index contributed by atoms with van der Waals surface area (Å²) < 4.78 is 31.1. The molecule has 2 N–H and O–H groups in total. The fourth-order valence-electron chi connectivity index (χ4n) is 6.12. The van der Waals surface area contributed by atoms with Crippen molar-refractivity contribution in [1.82, 2.24) is 4.98 Å². The van der Waals surface area contributed by atoms with E-state index >= 15 is 0 Å². The number of aliphatic hydroxyl groups is 1. The number of carboxylic acid groups (broad SMARTS) is 1. The lowest BCUT2D eigenvalue weighted by atomic mass is 9.82. The molecule has 0 radical (unpaired) electrons. The molecule has 1 aliphatic heterocycles. The summed E-state index contributed by atoms with van der Waals surface area (Å²) in [6.45, 7) is 15.8. The number of pyridine rings is 1. The van der Waals surface area contributed by atoms with Gasteiger partial charge in [0.2, 0.25) is 0 Å². The fraction of sp³-hybridized carbons (Fsp3) is 0.455. The van der Waals surface area contributed by atoms with Gasteiger partial charge in [-0.25, -0.2) is 4.39 Å². The standard InChI is InChI=1S/C40H47FN2O5.C4H10O/c1-29-38(32-12-16-34(17-13-32)48-25-18-30-10-14-33(41)15-11-30)39(43-21-19-40(2,3)20-22-43)35(26-37(44)45)36(42-29)28-47-24-7-23-46-27-31-8-5-4-6-9-31;1-4(2,3)5/h4-6,8-17H,7,18-28H2,1-3H3,(H,44,45);5H,1-3H3. The summed E-state index contributed by atoms with van der Waals surface area (Å²) in [4.78, 5) is 19.6. The molecular formula is C44H57FN2O6. The average Bonchev–Trinajstić information content (AvgIpc) is 3.10. The highest BCUT2D eigenvalue weighted by Gasteiger charge is 2.31. The van der Waals surface area contributed by atoms with Gasteiger partial charge in [-0.2, -0.15) is 0 Å². The van der Waals surface area contributed by atoms with Gasteiger partial charge in [0.05, 0.1) is 43.2 Å². The van der Waals surface area contributed by atoms with E-state index in [1.807, 2.05) is 61.5 Å². The molecule has 53 heavy (non-hydrogen) atoms. The van der Waals surface area contributed by atoms with E-state index in [0.29, 0.717) is 44.1 Å². The molecule has 1 aromatic heterocycles. The van der Waals surface area contributed by atoms with Gasteiger partial charge < -0.3 is 29.3 Å². The summed E-state index contributed by atoms with van der Waals surface area (Å²) in [7, 11) is 0. The van der Waals surface area contributed by atoms with Gasteiger partial charge >= 0.3 is 5.97 Å². The Hall–Kier alpha value is -4.31. The first-order valence-corrected chi connectivity index (χ1v) is 18.6. The van der Waals surface area contributed by atoms with Crippen LogP contribution in [0.15, 0.2) is 78.9 Å². The van der Waals surface area contributed by atoms with Crippen molar-refractivity contribution in [1.29, 1.82) is 0 Å². The van der Waals surface area contributed by atoms with Crippen LogP contribution >= 0.6 is 0 Å². The van der Waals surface area contributed by atoms with Crippen molar-refractivity contribution >= 4 is 11.7 Å². The smallest absolute Gasteiger partial charge is 0.307 e. The summed E-state index contributed by atoms with van der Waals surface area (Å²) in [6, 6.07) is 24.4. The molecule has 8 nitrogen and oxygen atoms in total. The molecule has 5 rings (SSSR count). The van der Waals surface area contributed by atoms with E-state index in [9.17, 15) is 14.3 Å². The Morgan fingerprint density at radius 2 is 1.47 bits per heavy atom. The maximum Gasteiger partial charge on any atom is 0.307 e. The van der Waals surface area contributed by atoms with Crippen molar-refractivity contribution in [3.63, 3.8) is 0 Å². The highest BCUT2D eigenvalue weighted by molar-refractivity contribution is 5.86. The van der Waals surface area contributed by atoms with Gasteiger partial charge in [0.15, 0.2) is 0 Å². The second-order valence-corrected chi connectivity index (χ2v) is 15.4. The third-order valence-corrected chi connectivity index (χ3v) is 8.94. The molecule has 0 bridgehead atoms. The normalized spacial score (nSPS) is 14.0. The number of nitrogens with zero attached hydrogens (tertiary/aromatic N) is 2. The number of anilines is 1. The van der Waals surface area contributed by atoms with Crippen LogP contribution in [-0.2, 0) is 40.3 Å². The number of carbonyl (C=O) groups is 1. The first-order valence-electron chi connectivity index (χ1n) is 18.6. The number of aliphatic carboxylic acids is 1. The van der Waals surface area contributed by atoms with Gasteiger partial charge in [0.25, 0.3) is 0 Å². The minimum Gasteiger partial charge on any atom is -0.493 e. The fourth-order valence-corrected chi connectivity index (χ4v) is 6.12. The van der Waals surface area contributed by atoms with Crippen LogP contribution in [0.5, 0.6) is 5.75 Å². The Balaban J connectivity index is 0.00000117. The lowest BCUT2D eigenvalue weighted by Gasteiger charge is -2.40. The lowest BCUT2D eigenvalue weighted by Crippen LogP contribution is -2.38. The van der Waals surface area contributed by atoms with Crippen LogP contribution in [-0.4, -0.2) is 59.7 Å². The van der Waals surface area contributed by atoms with E-state index in [2.05, 4.69) is 18.7 Å². The molecular weight excluding hydrogens is 671 g/mol. The number of aryl methyl sites for hydroxylation is 1. The molecule has 9 heteroatoms. The van der Waals surface area contributed by atoms with Gasteiger partial charge in [-0.05, 0) is 93.3 Å². The van der Waals surface area contributed by atoms with Crippen molar-refractivity contribution in [3.8, 4) is 16.9 Å². The maximum atomic E-state index is 13.2. The van der Waals surface area contributed by atoms with Crippen molar-refractivity contribution in [2.75, 3.05) is 37.8 Å². The first kappa shape index (κ1) is 41.4. The maximum absolute atomic E-state index is 13.2. The number of ether oxygens (including phenoxy) is 3. The Labute approximate surface area is 315 Å². The van der Waals surface area contributed by atoms with Crippen molar-refractivity contribution in [2.24, 2.45) is 5.41 Å². The third-order valence-electron chi connectivity index (χ3n) is 8.94. The minimum atomic E-state index is -0.898. The zero-order chi connectivity index (χ0) is 38.4. The molecule has 3 aromatic carbocycles. The number of benzene rings is 3. The Morgan fingerprint density at radius 3 is 2.08 bits per heavy atom. The zero-order valence-corrected chi connectivity index (χ0v) is 32.3. The number of rotatable bonds is 16. The SMILES string of the molecule is CC(C)(C)O.Cc1nc(COCCCOCc2ccccc2)c(CC(=O)O)c(N2CCC(C)(C)CC2)c1-c1ccc(OCCc2ccc(F)cc2)cc1. The van der Waals surface area contributed by atoms with Gasteiger partial charge in [-0.1, -0.05) is 68.4 Å². The van der Waals surface area contributed by atoms with Gasteiger partial charge in [-0.3, -0.25) is 9.78 Å². The highest BCUT2D eigenvalue weighted by atomic mass is 19.1. The minimum absolute atomic E-state index is 0.140. The van der Waals surface area contributed by atoms with E-state index in [-0.39, 0.29) is 24.3 Å². The summed E-state index contributed by atoms with van der Waals surface area (Å²) >= 11 is 0. The van der Waals surface area contributed by atoms with Crippen LogP contribution in [0.3, 0.4) is 0 Å². The Kier molecular flexibility index (Phi) is 15.4. The topological polar surface area (TPSA) is 101 Å². The van der Waals surface area contributed by atoms with Crippen LogP contribution in [0.1, 0.15) is 82.0 Å². The molecule has 0 saturated carbocycles. The predicted octanol–water partition coefficient (Wildman–Crippen LogP) is 8.97. The van der Waals surface area contributed by atoms with Gasteiger partial charge in [0.1, 0.15) is 11.6 Å². The van der Waals surface area contributed by atoms with E-state index in [1.54, 1.807) is 32.9 Å². The number of halogens is 1. The largest absolute Gasteiger partial charge is 0.493 e. The molecule has 0 atom stereocenters. The molecule has 0 amide bonds. The number of hydrogen-bond donors (Lipinski definition) is 2. The van der Waals surface area contributed by atoms with Crippen LogP contribution < -0.4 is 9.64 Å². The highest BCUT2D eigenvalue weighted by Crippen LogP contribution is 2.42.